The van der Waals surface area contributed by atoms with Crippen LogP contribution < -0.4 is 5.32 Å². The van der Waals surface area contributed by atoms with Gasteiger partial charge in [-0.15, -0.1) is 0 Å². The maximum atomic E-state index is 12.6. The van der Waals surface area contributed by atoms with Crippen molar-refractivity contribution in [3.8, 4) is 5.75 Å². The molecule has 1 aliphatic carbocycles. The lowest BCUT2D eigenvalue weighted by atomic mass is 9.92. The standard InChI is InChI=1S/C22H25ClN2O2/c1-22(16-7-5-4-6-8-16)13-18(22)21(27)24-14-17(25(2)3)11-15-9-10-20(26)19(23)12-15/h4-10,12-13,17,26H,11,14H2,1-3H3,(H,24,27)/t17-,22+/m0/s1. The summed E-state index contributed by atoms with van der Waals surface area (Å²) in [6, 6.07) is 15.4. The lowest BCUT2D eigenvalue weighted by Gasteiger charge is -2.25. The molecule has 2 atom stereocenters. The summed E-state index contributed by atoms with van der Waals surface area (Å²) in [6.07, 6.45) is 2.74. The van der Waals surface area contributed by atoms with Crippen LogP contribution in [-0.4, -0.2) is 42.6 Å². The zero-order valence-corrected chi connectivity index (χ0v) is 16.6. The molecule has 0 saturated carbocycles. The van der Waals surface area contributed by atoms with Crippen molar-refractivity contribution < 1.29 is 9.90 Å². The lowest BCUT2D eigenvalue weighted by Crippen LogP contribution is -2.42. The van der Waals surface area contributed by atoms with Crippen LogP contribution in [0, 0.1) is 0 Å². The molecule has 1 amide bonds. The van der Waals surface area contributed by atoms with Crippen LogP contribution in [0.4, 0.5) is 0 Å². The number of carbonyl (C=O) groups is 1. The molecular weight excluding hydrogens is 360 g/mol. The van der Waals surface area contributed by atoms with Crippen molar-refractivity contribution in [1.29, 1.82) is 0 Å². The Morgan fingerprint density at radius 1 is 1.22 bits per heavy atom. The minimum Gasteiger partial charge on any atom is -0.506 e. The van der Waals surface area contributed by atoms with Gasteiger partial charge in [-0.3, -0.25) is 4.79 Å². The van der Waals surface area contributed by atoms with Gasteiger partial charge in [0.05, 0.1) is 5.02 Å². The summed E-state index contributed by atoms with van der Waals surface area (Å²) in [5.74, 6) is 0.0629. The van der Waals surface area contributed by atoms with E-state index in [4.69, 9.17) is 11.6 Å². The van der Waals surface area contributed by atoms with Crippen LogP contribution in [0.5, 0.6) is 5.75 Å². The summed E-state index contributed by atoms with van der Waals surface area (Å²) in [4.78, 5) is 14.7. The molecule has 0 saturated heterocycles. The molecule has 142 valence electrons. The van der Waals surface area contributed by atoms with Crippen molar-refractivity contribution in [3.05, 3.63) is 76.3 Å². The van der Waals surface area contributed by atoms with Gasteiger partial charge in [0.1, 0.15) is 5.75 Å². The van der Waals surface area contributed by atoms with Gasteiger partial charge >= 0.3 is 0 Å². The van der Waals surface area contributed by atoms with E-state index in [9.17, 15) is 9.90 Å². The number of benzene rings is 2. The van der Waals surface area contributed by atoms with Crippen LogP contribution in [0.2, 0.25) is 5.02 Å². The fraction of sp³-hybridized carbons (Fsp3) is 0.318. The lowest BCUT2D eigenvalue weighted by molar-refractivity contribution is -0.117. The van der Waals surface area contributed by atoms with E-state index in [2.05, 4.69) is 17.1 Å². The fourth-order valence-electron chi connectivity index (χ4n) is 3.27. The number of hydrogen-bond acceptors (Lipinski definition) is 3. The number of phenols is 1. The second kappa shape index (κ2) is 7.75. The number of aromatic hydroxyl groups is 1. The largest absolute Gasteiger partial charge is 0.506 e. The van der Waals surface area contributed by atoms with Crippen LogP contribution in [0.1, 0.15) is 18.1 Å². The second-order valence-electron chi connectivity index (χ2n) is 7.44. The molecule has 2 N–H and O–H groups in total. The fourth-order valence-corrected chi connectivity index (χ4v) is 3.47. The molecule has 0 unspecified atom stereocenters. The normalized spacial score (nSPS) is 19.5. The first kappa shape index (κ1) is 19.5. The third-order valence-electron chi connectivity index (χ3n) is 5.24. The molecular formula is C22H25ClN2O2. The SMILES string of the molecule is CN(C)[C@H](CNC(=O)C1=C[C@]1(C)c1ccccc1)Cc1ccc(O)c(Cl)c1. The van der Waals surface area contributed by atoms with Gasteiger partial charge in [0.15, 0.2) is 0 Å². The Morgan fingerprint density at radius 2 is 1.93 bits per heavy atom. The van der Waals surface area contributed by atoms with Crippen molar-refractivity contribution in [2.24, 2.45) is 0 Å². The number of nitrogens with one attached hydrogen (secondary N) is 1. The molecule has 2 aromatic rings. The highest BCUT2D eigenvalue weighted by atomic mass is 35.5. The highest BCUT2D eigenvalue weighted by Gasteiger charge is 2.44. The van der Waals surface area contributed by atoms with Crippen molar-refractivity contribution in [2.45, 2.75) is 24.8 Å². The third kappa shape index (κ3) is 4.34. The summed E-state index contributed by atoms with van der Waals surface area (Å²) in [5.41, 5.74) is 2.71. The van der Waals surface area contributed by atoms with E-state index in [1.807, 2.05) is 56.6 Å². The van der Waals surface area contributed by atoms with E-state index in [1.54, 1.807) is 12.1 Å². The average Bonchev–Trinajstić information content (AvgIpc) is 3.35. The van der Waals surface area contributed by atoms with E-state index in [0.717, 1.165) is 23.1 Å². The highest BCUT2D eigenvalue weighted by Crippen LogP contribution is 2.46. The molecule has 0 aromatic heterocycles. The van der Waals surface area contributed by atoms with Gasteiger partial charge in [-0.25, -0.2) is 0 Å². The van der Waals surface area contributed by atoms with Gasteiger partial charge in [0, 0.05) is 23.6 Å². The number of nitrogens with zero attached hydrogens (tertiary/aromatic N) is 1. The quantitative estimate of drug-likeness (QED) is 0.767. The first-order chi connectivity index (χ1) is 12.8. The molecule has 27 heavy (non-hydrogen) atoms. The Bertz CT molecular complexity index is 864. The summed E-state index contributed by atoms with van der Waals surface area (Å²) < 4.78 is 0. The monoisotopic (exact) mass is 384 g/mol. The van der Waals surface area contributed by atoms with Gasteiger partial charge in [-0.1, -0.05) is 54.1 Å². The minimum absolute atomic E-state index is 0.0167. The van der Waals surface area contributed by atoms with Gasteiger partial charge in [0.25, 0.3) is 0 Å². The number of phenolic OH excluding ortho intramolecular Hbond substituents is 1. The molecule has 0 bridgehead atoms. The maximum Gasteiger partial charge on any atom is 0.248 e. The molecule has 2 aromatic carbocycles. The average molecular weight is 385 g/mol. The Labute approximate surface area is 165 Å². The molecule has 0 heterocycles. The Kier molecular flexibility index (Phi) is 5.59. The van der Waals surface area contributed by atoms with E-state index in [1.165, 1.54) is 0 Å². The molecule has 3 rings (SSSR count). The van der Waals surface area contributed by atoms with Crippen molar-refractivity contribution in [2.75, 3.05) is 20.6 Å². The first-order valence-corrected chi connectivity index (χ1v) is 9.40. The summed E-state index contributed by atoms with van der Waals surface area (Å²) >= 11 is 6.00. The van der Waals surface area contributed by atoms with Gasteiger partial charge < -0.3 is 15.3 Å². The topological polar surface area (TPSA) is 52.6 Å². The summed E-state index contributed by atoms with van der Waals surface area (Å²) in [5, 5.41) is 13.0. The maximum absolute atomic E-state index is 12.6. The Hall–Kier alpha value is -2.30. The summed E-state index contributed by atoms with van der Waals surface area (Å²) in [7, 11) is 3.98. The van der Waals surface area contributed by atoms with Crippen LogP contribution in [-0.2, 0) is 16.6 Å². The zero-order chi connectivity index (χ0) is 19.6. The van der Waals surface area contributed by atoms with Crippen LogP contribution >= 0.6 is 11.6 Å². The van der Waals surface area contributed by atoms with Crippen LogP contribution in [0.3, 0.4) is 0 Å². The molecule has 0 aliphatic heterocycles. The van der Waals surface area contributed by atoms with Crippen molar-refractivity contribution >= 4 is 17.5 Å². The van der Waals surface area contributed by atoms with E-state index in [0.29, 0.717) is 11.6 Å². The van der Waals surface area contributed by atoms with E-state index >= 15 is 0 Å². The smallest absolute Gasteiger partial charge is 0.248 e. The highest BCUT2D eigenvalue weighted by molar-refractivity contribution is 6.32. The molecule has 0 radical (unpaired) electrons. The van der Waals surface area contributed by atoms with Crippen LogP contribution in [0.15, 0.2) is 60.2 Å². The zero-order valence-electron chi connectivity index (χ0n) is 15.9. The van der Waals surface area contributed by atoms with Crippen LogP contribution in [0.25, 0.3) is 0 Å². The molecule has 0 fully saturated rings. The third-order valence-corrected chi connectivity index (χ3v) is 5.54. The summed E-state index contributed by atoms with van der Waals surface area (Å²) in [6.45, 7) is 2.60. The predicted molar refractivity (Wildman–Crippen MR) is 109 cm³/mol. The molecule has 4 nitrogen and oxygen atoms in total. The Balaban J connectivity index is 1.59. The number of halogens is 1. The minimum atomic E-state index is -0.260. The van der Waals surface area contributed by atoms with Crippen molar-refractivity contribution in [1.82, 2.24) is 10.2 Å². The Morgan fingerprint density at radius 3 is 2.56 bits per heavy atom. The number of rotatable bonds is 7. The number of allylic oxidation sites excluding steroid dienone is 1. The predicted octanol–water partition coefficient (Wildman–Crippen LogP) is 3.53. The number of likely N-dealkylation sites (N-methyl/N-ethyl adjacent to an activating group) is 1. The number of amides is 1. The van der Waals surface area contributed by atoms with Crippen molar-refractivity contribution in [3.63, 3.8) is 0 Å². The first-order valence-electron chi connectivity index (χ1n) is 9.02. The van der Waals surface area contributed by atoms with E-state index < -0.39 is 0 Å². The number of carbonyl (C=O) groups excluding carboxylic acids is 1. The van der Waals surface area contributed by atoms with E-state index in [-0.39, 0.29) is 23.1 Å². The van der Waals surface area contributed by atoms with Gasteiger partial charge in [-0.2, -0.15) is 0 Å². The molecule has 0 spiro atoms. The second-order valence-corrected chi connectivity index (χ2v) is 7.85. The van der Waals surface area contributed by atoms with Gasteiger partial charge in [0.2, 0.25) is 5.91 Å². The van der Waals surface area contributed by atoms with Gasteiger partial charge in [-0.05, 0) is 50.7 Å². The molecule has 1 aliphatic rings. The molecule has 5 heteroatoms. The number of hydrogen-bond donors (Lipinski definition) is 2.